The molecule has 2 aromatic rings. The van der Waals surface area contributed by atoms with Gasteiger partial charge in [0.25, 0.3) is 5.91 Å². The number of hydrogen-bond acceptors (Lipinski definition) is 4. The molecule has 0 aliphatic carbocycles. The van der Waals surface area contributed by atoms with E-state index >= 15 is 0 Å². The smallest absolute Gasteiger partial charge is 0.267 e. The van der Waals surface area contributed by atoms with Crippen molar-refractivity contribution in [2.75, 3.05) is 22.9 Å². The third kappa shape index (κ3) is 2.75. The van der Waals surface area contributed by atoms with Gasteiger partial charge < -0.3 is 14.5 Å². The zero-order valence-electron chi connectivity index (χ0n) is 14.1. The van der Waals surface area contributed by atoms with Crippen molar-refractivity contribution in [1.82, 2.24) is 10.2 Å². The Bertz CT molecular complexity index is 816. The molecule has 130 valence electrons. The van der Waals surface area contributed by atoms with Crippen LogP contribution in [0.5, 0.6) is 5.75 Å². The van der Waals surface area contributed by atoms with Crippen LogP contribution in [-0.4, -0.2) is 41.2 Å². The molecule has 1 atom stereocenters. The van der Waals surface area contributed by atoms with Crippen molar-refractivity contribution in [3.05, 3.63) is 36.2 Å². The fourth-order valence-corrected chi connectivity index (χ4v) is 3.45. The normalized spacial score (nSPS) is 19.2. The number of aromatic nitrogens is 2. The monoisotopic (exact) mass is 340 g/mol. The van der Waals surface area contributed by atoms with Gasteiger partial charge in [-0.3, -0.25) is 14.7 Å². The number of para-hydroxylation sites is 2. The van der Waals surface area contributed by atoms with Crippen LogP contribution in [0.3, 0.4) is 0 Å². The summed E-state index contributed by atoms with van der Waals surface area (Å²) < 4.78 is 5.63. The Kier molecular flexibility index (Phi) is 3.91. The number of benzene rings is 1. The minimum absolute atomic E-state index is 0.00627. The Morgan fingerprint density at radius 2 is 2.20 bits per heavy atom. The van der Waals surface area contributed by atoms with E-state index in [1.165, 1.54) is 0 Å². The van der Waals surface area contributed by atoms with E-state index in [9.17, 15) is 9.59 Å². The molecule has 0 radical (unpaired) electrons. The first-order chi connectivity index (χ1) is 12.1. The van der Waals surface area contributed by atoms with Crippen molar-refractivity contribution in [1.29, 1.82) is 0 Å². The number of fused-ring (bicyclic) bond motifs is 2. The number of carbonyl (C=O) groups is 2. The average Bonchev–Trinajstić information content (AvgIpc) is 3.10. The standard InChI is InChI=1S/C18H20N4O3/c1-12-18(24)22(14-6-2-3-7-16(14)25-12)10-8-17(23)21-9-4-5-13-15(21)11-19-20-13/h2-3,6-7,11-12H,4-5,8-10H2,1H3,(H,19,20). The molecule has 0 bridgehead atoms. The maximum Gasteiger partial charge on any atom is 0.267 e. The Balaban J connectivity index is 1.50. The molecular weight excluding hydrogens is 320 g/mol. The number of rotatable bonds is 3. The maximum atomic E-state index is 12.7. The lowest BCUT2D eigenvalue weighted by Crippen LogP contribution is -2.46. The molecule has 2 aliphatic rings. The second-order valence-electron chi connectivity index (χ2n) is 6.35. The molecule has 7 nitrogen and oxygen atoms in total. The first-order valence-electron chi connectivity index (χ1n) is 8.55. The number of aryl methyl sites for hydroxylation is 1. The fraction of sp³-hybridized carbons (Fsp3) is 0.389. The summed E-state index contributed by atoms with van der Waals surface area (Å²) in [4.78, 5) is 28.6. The molecular formula is C18H20N4O3. The SMILES string of the molecule is CC1Oc2ccccc2N(CCC(=O)N2CCCc3[nH]ncc32)C1=O. The van der Waals surface area contributed by atoms with Gasteiger partial charge in [-0.05, 0) is 31.9 Å². The third-order valence-electron chi connectivity index (χ3n) is 4.72. The minimum atomic E-state index is -0.541. The number of nitrogens with one attached hydrogen (secondary N) is 1. The molecule has 1 N–H and O–H groups in total. The van der Waals surface area contributed by atoms with Crippen molar-refractivity contribution in [3.63, 3.8) is 0 Å². The average molecular weight is 340 g/mol. The second-order valence-corrected chi connectivity index (χ2v) is 6.35. The molecule has 1 aromatic heterocycles. The van der Waals surface area contributed by atoms with Gasteiger partial charge in [-0.25, -0.2) is 0 Å². The molecule has 0 spiro atoms. The lowest BCUT2D eigenvalue weighted by atomic mass is 10.1. The van der Waals surface area contributed by atoms with E-state index in [0.29, 0.717) is 18.8 Å². The molecule has 0 saturated carbocycles. The zero-order valence-corrected chi connectivity index (χ0v) is 14.1. The summed E-state index contributed by atoms with van der Waals surface area (Å²) in [6.45, 7) is 2.76. The van der Waals surface area contributed by atoms with Crippen molar-refractivity contribution >= 4 is 23.2 Å². The first kappa shape index (κ1) is 15.7. The van der Waals surface area contributed by atoms with Crippen molar-refractivity contribution < 1.29 is 14.3 Å². The van der Waals surface area contributed by atoms with E-state index in [-0.39, 0.29) is 18.2 Å². The van der Waals surface area contributed by atoms with Crippen LogP contribution in [0.15, 0.2) is 30.5 Å². The van der Waals surface area contributed by atoms with E-state index in [1.54, 1.807) is 22.9 Å². The number of amides is 2. The quantitative estimate of drug-likeness (QED) is 0.925. The van der Waals surface area contributed by atoms with Gasteiger partial charge in [0, 0.05) is 19.5 Å². The largest absolute Gasteiger partial charge is 0.479 e. The van der Waals surface area contributed by atoms with Gasteiger partial charge in [0.1, 0.15) is 5.75 Å². The highest BCUT2D eigenvalue weighted by atomic mass is 16.5. The number of aromatic amines is 1. The summed E-state index contributed by atoms with van der Waals surface area (Å²) in [7, 11) is 0. The summed E-state index contributed by atoms with van der Waals surface area (Å²) in [5.41, 5.74) is 2.58. The maximum absolute atomic E-state index is 12.7. The number of nitrogens with zero attached hydrogens (tertiary/aromatic N) is 3. The van der Waals surface area contributed by atoms with E-state index in [4.69, 9.17) is 4.74 Å². The number of hydrogen-bond donors (Lipinski definition) is 1. The molecule has 25 heavy (non-hydrogen) atoms. The zero-order chi connectivity index (χ0) is 17.4. The summed E-state index contributed by atoms with van der Waals surface area (Å²) >= 11 is 0. The summed E-state index contributed by atoms with van der Waals surface area (Å²) in [6, 6.07) is 7.43. The lowest BCUT2D eigenvalue weighted by molar-refractivity contribution is -0.125. The van der Waals surface area contributed by atoms with Crippen LogP contribution in [0.2, 0.25) is 0 Å². The first-order valence-corrected chi connectivity index (χ1v) is 8.55. The lowest BCUT2D eigenvalue weighted by Gasteiger charge is -2.33. The highest BCUT2D eigenvalue weighted by molar-refractivity contribution is 6.01. The Labute approximate surface area is 145 Å². The van der Waals surface area contributed by atoms with E-state index in [1.807, 2.05) is 24.3 Å². The molecule has 1 aromatic carbocycles. The van der Waals surface area contributed by atoms with Gasteiger partial charge >= 0.3 is 0 Å². The van der Waals surface area contributed by atoms with Crippen LogP contribution >= 0.6 is 0 Å². The van der Waals surface area contributed by atoms with E-state index in [0.717, 1.165) is 29.9 Å². The molecule has 7 heteroatoms. The van der Waals surface area contributed by atoms with E-state index < -0.39 is 6.10 Å². The fourth-order valence-electron chi connectivity index (χ4n) is 3.45. The predicted octanol–water partition coefficient (Wildman–Crippen LogP) is 1.89. The third-order valence-corrected chi connectivity index (χ3v) is 4.72. The summed E-state index contributed by atoms with van der Waals surface area (Å²) in [6.07, 6.45) is 3.24. The Hall–Kier alpha value is -2.83. The topological polar surface area (TPSA) is 78.5 Å². The van der Waals surface area contributed by atoms with Gasteiger partial charge in [0.05, 0.1) is 23.3 Å². The molecule has 2 amide bonds. The van der Waals surface area contributed by atoms with Crippen molar-refractivity contribution in [3.8, 4) is 5.75 Å². The van der Waals surface area contributed by atoms with Crippen LogP contribution < -0.4 is 14.5 Å². The van der Waals surface area contributed by atoms with Gasteiger partial charge in [-0.15, -0.1) is 0 Å². The molecule has 2 aliphatic heterocycles. The van der Waals surface area contributed by atoms with Crippen LogP contribution in [0.25, 0.3) is 0 Å². The van der Waals surface area contributed by atoms with Crippen LogP contribution in [0.4, 0.5) is 11.4 Å². The van der Waals surface area contributed by atoms with Crippen LogP contribution in [0.1, 0.15) is 25.5 Å². The van der Waals surface area contributed by atoms with Gasteiger partial charge in [-0.2, -0.15) is 5.10 Å². The van der Waals surface area contributed by atoms with Gasteiger partial charge in [0.2, 0.25) is 5.91 Å². The predicted molar refractivity (Wildman–Crippen MR) is 92.8 cm³/mol. The number of anilines is 2. The molecule has 0 fully saturated rings. The second kappa shape index (κ2) is 6.23. The van der Waals surface area contributed by atoms with Crippen LogP contribution in [0, 0.1) is 0 Å². The Morgan fingerprint density at radius 1 is 1.36 bits per heavy atom. The van der Waals surface area contributed by atoms with Gasteiger partial charge in [0.15, 0.2) is 6.10 Å². The number of carbonyl (C=O) groups excluding carboxylic acids is 2. The number of ether oxygens (including phenoxy) is 1. The molecule has 1 unspecified atom stereocenters. The Morgan fingerprint density at radius 3 is 3.08 bits per heavy atom. The highest BCUT2D eigenvalue weighted by Gasteiger charge is 2.32. The number of H-pyrrole nitrogens is 1. The summed E-state index contributed by atoms with van der Waals surface area (Å²) in [5, 5.41) is 6.99. The molecule has 4 rings (SSSR count). The summed E-state index contributed by atoms with van der Waals surface area (Å²) in [5.74, 6) is 0.568. The van der Waals surface area contributed by atoms with Gasteiger partial charge in [-0.1, -0.05) is 12.1 Å². The minimum Gasteiger partial charge on any atom is -0.479 e. The van der Waals surface area contributed by atoms with Crippen molar-refractivity contribution in [2.45, 2.75) is 32.3 Å². The van der Waals surface area contributed by atoms with E-state index in [2.05, 4.69) is 10.2 Å². The van der Waals surface area contributed by atoms with Crippen molar-refractivity contribution in [2.24, 2.45) is 0 Å². The molecule has 3 heterocycles. The van der Waals surface area contributed by atoms with Crippen LogP contribution in [-0.2, 0) is 16.0 Å². The molecule has 0 saturated heterocycles. The highest BCUT2D eigenvalue weighted by Crippen LogP contribution is 2.34.